The molecule has 2 aromatic carbocycles. The van der Waals surface area contributed by atoms with Crippen LogP contribution in [0.1, 0.15) is 13.8 Å². The summed E-state index contributed by atoms with van der Waals surface area (Å²) in [7, 11) is -4.05. The number of phenolic OH excluding ortho intramolecular Hbond substituents is 1. The van der Waals surface area contributed by atoms with Gasteiger partial charge in [-0.15, -0.1) is 0 Å². The molecule has 0 aliphatic heterocycles. The summed E-state index contributed by atoms with van der Waals surface area (Å²) < 4.78 is 28.7. The van der Waals surface area contributed by atoms with E-state index in [-0.39, 0.29) is 39.0 Å². The van der Waals surface area contributed by atoms with Crippen LogP contribution in [0.3, 0.4) is 0 Å². The van der Waals surface area contributed by atoms with Crippen molar-refractivity contribution in [1.29, 1.82) is 0 Å². The number of nitrogens with one attached hydrogen (secondary N) is 2. The van der Waals surface area contributed by atoms with Crippen LogP contribution in [-0.4, -0.2) is 60.8 Å². The minimum Gasteiger partial charge on any atom is -0.508 e. The molecule has 0 bridgehead atoms. The number of pyridine rings is 1. The van der Waals surface area contributed by atoms with E-state index >= 15 is 0 Å². The number of aromatic hydroxyl groups is 1. The van der Waals surface area contributed by atoms with Gasteiger partial charge in [-0.1, -0.05) is 13.8 Å². The van der Waals surface area contributed by atoms with E-state index in [0.717, 1.165) is 25.4 Å². The van der Waals surface area contributed by atoms with Crippen LogP contribution in [0.2, 0.25) is 0 Å². The van der Waals surface area contributed by atoms with Crippen molar-refractivity contribution in [2.24, 2.45) is 0 Å². The highest BCUT2D eigenvalue weighted by Crippen LogP contribution is 2.39. The van der Waals surface area contributed by atoms with Crippen LogP contribution in [0.5, 0.6) is 11.5 Å². The van der Waals surface area contributed by atoms with E-state index in [1.807, 2.05) is 13.8 Å². The molecule has 0 atom stereocenters. The molecule has 3 rings (SSSR count). The number of rotatable bonds is 9. The summed E-state index contributed by atoms with van der Waals surface area (Å²) in [6.45, 7) is 6.47. The van der Waals surface area contributed by atoms with Gasteiger partial charge >= 0.3 is 10.1 Å². The second-order valence-electron chi connectivity index (χ2n) is 7.20. The fourth-order valence-corrected chi connectivity index (χ4v) is 3.98. The molecule has 0 saturated carbocycles. The standard InChI is InChI=1S/C20H24N4O7S/c1-4-23(5-2)9-8-21-19-16(31-32(3,29)30)11-15(24(27)28)18-17(19)20(26)13-10-12(25)6-7-14(13)22-18/h6-7,10-11,21,25H,4-5,8-9H2,1-3H3,(H,22,26). The number of nitro benzene ring substituents is 1. The second kappa shape index (κ2) is 9.01. The Morgan fingerprint density at radius 1 is 1.25 bits per heavy atom. The number of benzene rings is 2. The molecule has 0 spiro atoms. The number of aromatic nitrogens is 1. The van der Waals surface area contributed by atoms with Gasteiger partial charge in [-0.2, -0.15) is 8.42 Å². The van der Waals surface area contributed by atoms with E-state index in [0.29, 0.717) is 13.1 Å². The third kappa shape index (κ3) is 4.75. The van der Waals surface area contributed by atoms with E-state index < -0.39 is 26.2 Å². The summed E-state index contributed by atoms with van der Waals surface area (Å²) in [6.07, 6.45) is 0.811. The Bertz CT molecular complexity index is 1350. The first-order valence-electron chi connectivity index (χ1n) is 9.91. The van der Waals surface area contributed by atoms with Crippen LogP contribution in [0.25, 0.3) is 21.8 Å². The molecule has 0 unspecified atom stereocenters. The lowest BCUT2D eigenvalue weighted by atomic mass is 10.1. The summed E-state index contributed by atoms with van der Waals surface area (Å²) in [6, 6.07) is 5.00. The average molecular weight is 465 g/mol. The zero-order valence-corrected chi connectivity index (χ0v) is 18.7. The van der Waals surface area contributed by atoms with Crippen LogP contribution in [0, 0.1) is 10.1 Å². The Morgan fingerprint density at radius 2 is 1.94 bits per heavy atom. The van der Waals surface area contributed by atoms with Crippen LogP contribution in [-0.2, 0) is 10.1 Å². The van der Waals surface area contributed by atoms with Gasteiger partial charge in [0, 0.05) is 18.5 Å². The SMILES string of the molecule is CCN(CC)CCNc1c(OS(C)(=O)=O)cc([N+](=O)[O-])c2[nH]c3ccc(O)cc3c(=O)c12. The quantitative estimate of drug-likeness (QED) is 0.187. The van der Waals surface area contributed by atoms with Crippen molar-refractivity contribution in [3.63, 3.8) is 0 Å². The summed E-state index contributed by atoms with van der Waals surface area (Å²) in [5, 5.41) is 24.5. The van der Waals surface area contributed by atoms with Crippen LogP contribution in [0.4, 0.5) is 11.4 Å². The molecule has 12 heteroatoms. The monoisotopic (exact) mass is 464 g/mol. The Hall–Kier alpha value is -3.38. The lowest BCUT2D eigenvalue weighted by Gasteiger charge is -2.20. The molecule has 0 aliphatic rings. The fraction of sp³-hybridized carbons (Fsp3) is 0.350. The average Bonchev–Trinajstić information content (AvgIpc) is 2.71. The molecule has 3 aromatic rings. The van der Waals surface area contributed by atoms with Gasteiger partial charge in [0.25, 0.3) is 5.69 Å². The highest BCUT2D eigenvalue weighted by Gasteiger charge is 2.26. The largest absolute Gasteiger partial charge is 0.508 e. The highest BCUT2D eigenvalue weighted by atomic mass is 32.2. The summed E-state index contributed by atoms with van der Waals surface area (Å²) in [5.41, 5.74) is -0.898. The molecule has 0 aliphatic carbocycles. The Kier molecular flexibility index (Phi) is 6.55. The number of anilines is 1. The van der Waals surface area contributed by atoms with Crippen molar-refractivity contribution in [2.45, 2.75) is 13.8 Å². The number of H-pyrrole nitrogens is 1. The molecule has 0 saturated heterocycles. The van der Waals surface area contributed by atoms with Gasteiger partial charge in [0.1, 0.15) is 11.3 Å². The number of non-ortho nitro benzene ring substituents is 1. The molecule has 3 N–H and O–H groups in total. The zero-order chi connectivity index (χ0) is 23.6. The number of aromatic amines is 1. The lowest BCUT2D eigenvalue weighted by molar-refractivity contribution is -0.383. The van der Waals surface area contributed by atoms with Gasteiger partial charge < -0.3 is 24.5 Å². The number of hydrogen-bond donors (Lipinski definition) is 3. The van der Waals surface area contributed by atoms with Crippen molar-refractivity contribution in [2.75, 3.05) is 37.8 Å². The van der Waals surface area contributed by atoms with Crippen molar-refractivity contribution < 1.29 is 22.6 Å². The number of nitrogens with zero attached hydrogens (tertiary/aromatic N) is 2. The summed E-state index contributed by atoms with van der Waals surface area (Å²) >= 11 is 0. The topological polar surface area (TPSA) is 155 Å². The number of hydrogen-bond acceptors (Lipinski definition) is 9. The van der Waals surface area contributed by atoms with E-state index in [9.17, 15) is 28.4 Å². The number of fused-ring (bicyclic) bond motifs is 2. The Labute approximate surface area is 183 Å². The number of nitro groups is 1. The smallest absolute Gasteiger partial charge is 0.306 e. The van der Waals surface area contributed by atoms with Crippen molar-refractivity contribution in [1.82, 2.24) is 9.88 Å². The summed E-state index contributed by atoms with van der Waals surface area (Å²) in [5.74, 6) is -0.507. The van der Waals surface area contributed by atoms with Gasteiger partial charge in [-0.3, -0.25) is 14.9 Å². The third-order valence-corrected chi connectivity index (χ3v) is 5.55. The number of likely N-dealkylation sites (N-methyl/N-ethyl adjacent to an activating group) is 1. The van der Waals surface area contributed by atoms with E-state index in [2.05, 4.69) is 15.2 Å². The molecule has 0 amide bonds. The zero-order valence-electron chi connectivity index (χ0n) is 17.8. The minimum absolute atomic E-state index is 0.0228. The van der Waals surface area contributed by atoms with Crippen molar-refractivity contribution >= 4 is 43.3 Å². The highest BCUT2D eigenvalue weighted by molar-refractivity contribution is 7.86. The molecule has 1 heterocycles. The van der Waals surface area contributed by atoms with Gasteiger partial charge in [0.05, 0.1) is 33.8 Å². The van der Waals surface area contributed by atoms with E-state index in [4.69, 9.17) is 4.18 Å². The van der Waals surface area contributed by atoms with Gasteiger partial charge in [0.15, 0.2) is 11.2 Å². The summed E-state index contributed by atoms with van der Waals surface area (Å²) in [4.78, 5) is 29.3. The van der Waals surface area contributed by atoms with Gasteiger partial charge in [-0.25, -0.2) is 0 Å². The second-order valence-corrected chi connectivity index (χ2v) is 8.78. The number of phenols is 1. The molecule has 1 aromatic heterocycles. The van der Waals surface area contributed by atoms with Crippen LogP contribution >= 0.6 is 0 Å². The normalized spacial score (nSPS) is 11.9. The molecule has 0 radical (unpaired) electrons. The van der Waals surface area contributed by atoms with Gasteiger partial charge in [-0.05, 0) is 31.3 Å². The Morgan fingerprint density at radius 3 is 2.53 bits per heavy atom. The predicted octanol–water partition coefficient (Wildman–Crippen LogP) is 2.39. The van der Waals surface area contributed by atoms with E-state index in [1.54, 1.807) is 0 Å². The van der Waals surface area contributed by atoms with Gasteiger partial charge in [0.2, 0.25) is 0 Å². The van der Waals surface area contributed by atoms with Crippen LogP contribution < -0.4 is 14.9 Å². The molecule has 0 fully saturated rings. The fourth-order valence-electron chi connectivity index (χ4n) is 3.52. The first-order valence-corrected chi connectivity index (χ1v) is 11.7. The van der Waals surface area contributed by atoms with E-state index in [1.165, 1.54) is 18.2 Å². The molecular formula is C20H24N4O7S. The van der Waals surface area contributed by atoms with Crippen LogP contribution in [0.15, 0.2) is 29.1 Å². The van der Waals surface area contributed by atoms with Crippen molar-refractivity contribution in [3.8, 4) is 11.5 Å². The first-order chi connectivity index (χ1) is 15.1. The molecule has 11 nitrogen and oxygen atoms in total. The maximum absolute atomic E-state index is 13.4. The Balaban J connectivity index is 2.34. The lowest BCUT2D eigenvalue weighted by Crippen LogP contribution is -2.29. The maximum atomic E-state index is 13.4. The minimum atomic E-state index is -4.05. The molecule has 32 heavy (non-hydrogen) atoms. The van der Waals surface area contributed by atoms with Crippen molar-refractivity contribution in [3.05, 3.63) is 44.6 Å². The maximum Gasteiger partial charge on any atom is 0.306 e. The predicted molar refractivity (Wildman–Crippen MR) is 122 cm³/mol. The first kappa shape index (κ1) is 23.3. The third-order valence-electron chi connectivity index (χ3n) is 5.07. The molecule has 172 valence electrons. The molecular weight excluding hydrogens is 440 g/mol.